The van der Waals surface area contributed by atoms with Crippen LogP contribution in [0.1, 0.15) is 66.4 Å². The van der Waals surface area contributed by atoms with E-state index in [1.54, 1.807) is 0 Å². The van der Waals surface area contributed by atoms with Crippen molar-refractivity contribution in [1.29, 1.82) is 0 Å². The smallest absolute Gasteiger partial charge is 0.0307 e. The Kier molecular flexibility index (Phi) is 16.6. The number of aryl methyl sites for hydroxylation is 1. The summed E-state index contributed by atoms with van der Waals surface area (Å²) < 4.78 is 0. The lowest BCUT2D eigenvalue weighted by atomic mass is 10.0. The molecule has 0 aliphatic heterocycles. The molecule has 0 aliphatic carbocycles. The van der Waals surface area contributed by atoms with E-state index < -0.39 is 0 Å². The average molecular weight is 236 g/mol. The Bertz CT molecular complexity index is 213. The van der Waals surface area contributed by atoms with Gasteiger partial charge in [-0.15, -0.1) is 0 Å². The maximum Gasteiger partial charge on any atom is -0.0307 e. The van der Waals surface area contributed by atoms with Crippen LogP contribution in [0.3, 0.4) is 0 Å². The molecule has 0 fully saturated rings. The maximum absolute atomic E-state index is 2.31. The third-order valence-corrected chi connectivity index (χ3v) is 2.73. The molecule has 0 heteroatoms. The van der Waals surface area contributed by atoms with Crippen LogP contribution in [0.15, 0.2) is 30.3 Å². The van der Waals surface area contributed by atoms with E-state index in [0.717, 1.165) is 12.3 Å². The van der Waals surface area contributed by atoms with Gasteiger partial charge in [-0.1, -0.05) is 91.1 Å². The van der Waals surface area contributed by atoms with Crippen LogP contribution in [-0.2, 0) is 6.42 Å². The molecule has 17 heavy (non-hydrogen) atoms. The van der Waals surface area contributed by atoms with Gasteiger partial charge < -0.3 is 0 Å². The summed E-state index contributed by atoms with van der Waals surface area (Å²) in [6, 6.07) is 10.5. The lowest BCUT2D eigenvalue weighted by molar-refractivity contribution is 0.509. The summed E-state index contributed by atoms with van der Waals surface area (Å²) in [5, 5.41) is 0. The monoisotopic (exact) mass is 236 g/mol. The minimum absolute atomic E-state index is 0.949. The first-order valence-corrected chi connectivity index (χ1v) is 7.28. The van der Waals surface area contributed by atoms with E-state index in [1.165, 1.54) is 24.8 Å². The van der Waals surface area contributed by atoms with Gasteiger partial charge >= 0.3 is 0 Å². The van der Waals surface area contributed by atoms with Gasteiger partial charge in [-0.25, -0.2) is 0 Å². The van der Waals surface area contributed by atoms with Crippen molar-refractivity contribution in [2.24, 2.45) is 5.92 Å². The molecule has 0 N–H and O–H groups in total. The number of rotatable bonds is 4. The van der Waals surface area contributed by atoms with Gasteiger partial charge in [-0.3, -0.25) is 0 Å². The molecule has 0 radical (unpaired) electrons. The van der Waals surface area contributed by atoms with Gasteiger partial charge in [0.2, 0.25) is 0 Å². The Labute approximate surface area is 109 Å². The number of benzene rings is 1. The maximum atomic E-state index is 2.31. The topological polar surface area (TPSA) is 0 Å². The Morgan fingerprint density at radius 3 is 1.71 bits per heavy atom. The van der Waals surface area contributed by atoms with Crippen molar-refractivity contribution >= 4 is 0 Å². The summed E-state index contributed by atoms with van der Waals surface area (Å²) in [5.41, 5.74) is 1.41. The van der Waals surface area contributed by atoms with Crippen LogP contribution in [0, 0.1) is 5.92 Å². The molecule has 0 saturated heterocycles. The van der Waals surface area contributed by atoms with Crippen LogP contribution in [0.25, 0.3) is 0 Å². The van der Waals surface area contributed by atoms with E-state index >= 15 is 0 Å². The van der Waals surface area contributed by atoms with Crippen molar-refractivity contribution in [2.45, 2.75) is 67.2 Å². The van der Waals surface area contributed by atoms with E-state index in [2.05, 4.69) is 52.0 Å². The molecule has 0 amide bonds. The molecular formula is C17H32. The van der Waals surface area contributed by atoms with Gasteiger partial charge in [0, 0.05) is 0 Å². The van der Waals surface area contributed by atoms with Crippen molar-refractivity contribution in [3.63, 3.8) is 0 Å². The molecular weight excluding hydrogens is 204 g/mol. The fourth-order valence-electron chi connectivity index (χ4n) is 1.41. The second-order valence-corrected chi connectivity index (χ2v) is 4.14. The average Bonchev–Trinajstić information content (AvgIpc) is 2.43. The van der Waals surface area contributed by atoms with Crippen molar-refractivity contribution in [3.05, 3.63) is 35.9 Å². The minimum Gasteiger partial charge on any atom is -0.0683 e. The summed E-state index contributed by atoms with van der Waals surface area (Å²) in [5.74, 6) is 0.949. The zero-order chi connectivity index (χ0) is 13.5. The molecule has 1 atom stereocenters. The van der Waals surface area contributed by atoms with Crippen molar-refractivity contribution in [1.82, 2.24) is 0 Å². The second-order valence-electron chi connectivity index (χ2n) is 4.14. The molecule has 1 aromatic carbocycles. The standard InChI is InChI=1S/C8H10.C7H16.C2H6/c1-2-8-6-4-3-5-7-8;1-4-6-7(3)5-2;1-2/h3-7H,2H2,1H3;7H,4-6H2,1-3H3;1-2H3. The third-order valence-electron chi connectivity index (χ3n) is 2.73. The number of hydrogen-bond acceptors (Lipinski definition) is 0. The molecule has 0 aliphatic rings. The lowest BCUT2D eigenvalue weighted by Gasteiger charge is -2.02. The summed E-state index contributed by atoms with van der Waals surface area (Å²) >= 11 is 0. The molecule has 0 spiro atoms. The summed E-state index contributed by atoms with van der Waals surface area (Å²) in [6.07, 6.45) is 5.22. The first-order chi connectivity index (χ1) is 8.24. The molecule has 1 unspecified atom stereocenters. The second kappa shape index (κ2) is 15.2. The van der Waals surface area contributed by atoms with Crippen LogP contribution in [0.5, 0.6) is 0 Å². The van der Waals surface area contributed by atoms with Gasteiger partial charge in [-0.05, 0) is 17.9 Å². The van der Waals surface area contributed by atoms with Gasteiger partial charge in [-0.2, -0.15) is 0 Å². The summed E-state index contributed by atoms with van der Waals surface area (Å²) in [7, 11) is 0. The molecule has 0 aromatic heterocycles. The Hall–Kier alpha value is -0.780. The van der Waals surface area contributed by atoms with Gasteiger partial charge in [0.25, 0.3) is 0 Å². The van der Waals surface area contributed by atoms with Gasteiger partial charge in [0.05, 0.1) is 0 Å². The summed E-state index contributed by atoms with van der Waals surface area (Å²) in [4.78, 5) is 0. The molecule has 0 bridgehead atoms. The normalized spacial score (nSPS) is 10.5. The van der Waals surface area contributed by atoms with Crippen molar-refractivity contribution < 1.29 is 0 Å². The third kappa shape index (κ3) is 13.2. The van der Waals surface area contributed by atoms with E-state index in [-0.39, 0.29) is 0 Å². The van der Waals surface area contributed by atoms with E-state index in [9.17, 15) is 0 Å². The van der Waals surface area contributed by atoms with Crippen molar-refractivity contribution in [2.75, 3.05) is 0 Å². The highest BCUT2D eigenvalue weighted by atomic mass is 14.0. The Balaban J connectivity index is 0. The molecule has 1 rings (SSSR count). The molecule has 1 aromatic rings. The lowest BCUT2D eigenvalue weighted by Crippen LogP contribution is -1.88. The van der Waals surface area contributed by atoms with Crippen LogP contribution < -0.4 is 0 Å². The quantitative estimate of drug-likeness (QED) is 0.592. The SMILES string of the molecule is CC.CCCC(C)CC.CCc1ccccc1. The molecule has 100 valence electrons. The Morgan fingerprint density at radius 2 is 1.47 bits per heavy atom. The molecule has 0 heterocycles. The van der Waals surface area contributed by atoms with Crippen molar-refractivity contribution in [3.8, 4) is 0 Å². The molecule has 0 saturated carbocycles. The van der Waals surface area contributed by atoms with Crippen LogP contribution in [0.4, 0.5) is 0 Å². The molecule has 0 nitrogen and oxygen atoms in total. The minimum atomic E-state index is 0.949. The largest absolute Gasteiger partial charge is 0.0683 e. The fraction of sp³-hybridized carbons (Fsp3) is 0.647. The van der Waals surface area contributed by atoms with E-state index in [1.807, 2.05) is 19.9 Å². The van der Waals surface area contributed by atoms with Gasteiger partial charge in [0.1, 0.15) is 0 Å². The van der Waals surface area contributed by atoms with Crippen LogP contribution >= 0.6 is 0 Å². The van der Waals surface area contributed by atoms with Crippen LogP contribution in [0.2, 0.25) is 0 Å². The zero-order valence-corrected chi connectivity index (χ0v) is 12.8. The summed E-state index contributed by atoms with van der Waals surface area (Å²) in [6.45, 7) is 13.0. The predicted octanol–water partition coefficient (Wildman–Crippen LogP) is 6.11. The highest BCUT2D eigenvalue weighted by molar-refractivity contribution is 5.13. The number of hydrogen-bond donors (Lipinski definition) is 0. The van der Waals surface area contributed by atoms with E-state index in [0.29, 0.717) is 0 Å². The van der Waals surface area contributed by atoms with Crippen LogP contribution in [-0.4, -0.2) is 0 Å². The van der Waals surface area contributed by atoms with Gasteiger partial charge in [0.15, 0.2) is 0 Å². The zero-order valence-electron chi connectivity index (χ0n) is 12.8. The Morgan fingerprint density at radius 1 is 0.941 bits per heavy atom. The van der Waals surface area contributed by atoms with E-state index in [4.69, 9.17) is 0 Å². The highest BCUT2D eigenvalue weighted by Crippen LogP contribution is 2.07. The highest BCUT2D eigenvalue weighted by Gasteiger charge is 1.92. The predicted molar refractivity (Wildman–Crippen MR) is 81.5 cm³/mol. The fourth-order valence-corrected chi connectivity index (χ4v) is 1.41. The first-order valence-electron chi connectivity index (χ1n) is 7.28. The first kappa shape index (κ1) is 18.6.